The maximum Gasteiger partial charge on any atom is 0.216 e. The van der Waals surface area contributed by atoms with Crippen LogP contribution in [0.15, 0.2) is 0 Å². The highest BCUT2D eigenvalue weighted by atomic mass is 32.2. The lowest BCUT2D eigenvalue weighted by molar-refractivity contribution is 0.308. The van der Waals surface area contributed by atoms with Crippen LogP contribution in [0.1, 0.15) is 53.4 Å². The minimum Gasteiger partial charge on any atom is -0.212 e. The molecule has 0 aliphatic heterocycles. The lowest BCUT2D eigenvalue weighted by Gasteiger charge is -2.32. The Bertz CT molecular complexity index is 303. The normalized spacial score (nSPS) is 29.1. The van der Waals surface area contributed by atoms with E-state index < -0.39 is 14.8 Å². The molecule has 2 atom stereocenters. The first-order chi connectivity index (χ1) is 6.74. The first-order valence-electron chi connectivity index (χ1n) is 5.76. The van der Waals surface area contributed by atoms with Gasteiger partial charge >= 0.3 is 0 Å². The smallest absolute Gasteiger partial charge is 0.212 e. The Morgan fingerprint density at radius 3 is 2.13 bits per heavy atom. The highest BCUT2D eigenvalue weighted by Gasteiger charge is 2.33. The molecule has 1 fully saturated rings. The van der Waals surface area contributed by atoms with Crippen LogP contribution in [0.25, 0.3) is 0 Å². The van der Waals surface area contributed by atoms with E-state index in [1.165, 1.54) is 6.42 Å². The van der Waals surface area contributed by atoms with E-state index in [1.54, 1.807) is 20.8 Å². The van der Waals surface area contributed by atoms with Crippen molar-refractivity contribution in [2.75, 3.05) is 0 Å². The van der Waals surface area contributed by atoms with Crippen LogP contribution in [0.5, 0.6) is 0 Å². The molecule has 0 aromatic carbocycles. The molecule has 1 aliphatic rings. The van der Waals surface area contributed by atoms with Crippen molar-refractivity contribution in [3.63, 3.8) is 0 Å². The third-order valence-corrected chi connectivity index (χ3v) is 5.45. The van der Waals surface area contributed by atoms with E-state index in [0.717, 1.165) is 19.3 Å². The van der Waals surface area contributed by atoms with Crippen molar-refractivity contribution in [2.24, 2.45) is 5.92 Å². The maximum atomic E-state index is 12.0. The standard InChI is InChI=1S/C11H23NO2S/c1-9-7-5-6-8-10(9)12-15(13,14)11(2,3)4/h9-10,12H,5-8H2,1-4H3/t9-,10-/m1/s1. The van der Waals surface area contributed by atoms with E-state index in [4.69, 9.17) is 0 Å². The van der Waals surface area contributed by atoms with Gasteiger partial charge in [-0.25, -0.2) is 13.1 Å². The summed E-state index contributed by atoms with van der Waals surface area (Å²) >= 11 is 0. The predicted octanol–water partition coefficient (Wildman–Crippen LogP) is 2.28. The zero-order valence-corrected chi connectivity index (χ0v) is 11.0. The van der Waals surface area contributed by atoms with Gasteiger partial charge in [0.05, 0.1) is 4.75 Å². The maximum absolute atomic E-state index is 12.0. The molecule has 0 unspecified atom stereocenters. The molecule has 0 radical (unpaired) electrons. The van der Waals surface area contributed by atoms with Crippen LogP contribution in [0.2, 0.25) is 0 Å². The van der Waals surface area contributed by atoms with Crippen LogP contribution in [0, 0.1) is 5.92 Å². The third-order valence-electron chi connectivity index (χ3n) is 3.22. The summed E-state index contributed by atoms with van der Waals surface area (Å²) in [6.07, 6.45) is 4.49. The Kier molecular flexibility index (Phi) is 3.82. The molecule has 1 aliphatic carbocycles. The first-order valence-corrected chi connectivity index (χ1v) is 7.24. The topological polar surface area (TPSA) is 46.2 Å². The molecule has 3 nitrogen and oxygen atoms in total. The highest BCUT2D eigenvalue weighted by Crippen LogP contribution is 2.26. The van der Waals surface area contributed by atoms with E-state index in [9.17, 15) is 8.42 Å². The summed E-state index contributed by atoms with van der Waals surface area (Å²) in [7, 11) is -3.18. The Labute approximate surface area is 93.7 Å². The largest absolute Gasteiger partial charge is 0.216 e. The number of hydrogen-bond acceptors (Lipinski definition) is 2. The van der Waals surface area contributed by atoms with Gasteiger partial charge in [-0.3, -0.25) is 0 Å². The zero-order valence-electron chi connectivity index (χ0n) is 10.2. The quantitative estimate of drug-likeness (QED) is 0.795. The van der Waals surface area contributed by atoms with Crippen LogP contribution >= 0.6 is 0 Å². The Hall–Kier alpha value is -0.0900. The molecular formula is C11H23NO2S. The van der Waals surface area contributed by atoms with Gasteiger partial charge in [-0.2, -0.15) is 0 Å². The summed E-state index contributed by atoms with van der Waals surface area (Å²) in [4.78, 5) is 0. The third kappa shape index (κ3) is 3.18. The van der Waals surface area contributed by atoms with Gasteiger partial charge in [0.15, 0.2) is 0 Å². The number of hydrogen-bond donors (Lipinski definition) is 1. The number of nitrogens with one attached hydrogen (secondary N) is 1. The van der Waals surface area contributed by atoms with Crippen LogP contribution in [-0.4, -0.2) is 19.2 Å². The molecule has 0 spiro atoms. The molecule has 0 heterocycles. The fourth-order valence-corrected chi connectivity index (χ4v) is 2.97. The Morgan fingerprint density at radius 1 is 1.13 bits per heavy atom. The lowest BCUT2D eigenvalue weighted by atomic mass is 9.87. The van der Waals surface area contributed by atoms with Crippen molar-refractivity contribution in [3.8, 4) is 0 Å². The van der Waals surface area contributed by atoms with E-state index in [2.05, 4.69) is 11.6 Å². The molecule has 1 N–H and O–H groups in total. The van der Waals surface area contributed by atoms with Crippen LogP contribution in [-0.2, 0) is 10.0 Å². The summed E-state index contributed by atoms with van der Waals surface area (Å²) in [5.41, 5.74) is 0. The molecule has 0 saturated heterocycles. The summed E-state index contributed by atoms with van der Waals surface area (Å²) in [6.45, 7) is 7.35. The van der Waals surface area contributed by atoms with Gasteiger partial charge in [0, 0.05) is 6.04 Å². The van der Waals surface area contributed by atoms with Crippen molar-refractivity contribution in [1.82, 2.24) is 4.72 Å². The van der Waals surface area contributed by atoms with Crippen molar-refractivity contribution in [2.45, 2.75) is 64.2 Å². The fraction of sp³-hybridized carbons (Fsp3) is 1.00. The Morgan fingerprint density at radius 2 is 1.67 bits per heavy atom. The summed E-state index contributed by atoms with van der Waals surface area (Å²) < 4.78 is 26.1. The van der Waals surface area contributed by atoms with Crippen molar-refractivity contribution in [3.05, 3.63) is 0 Å². The monoisotopic (exact) mass is 233 g/mol. The van der Waals surface area contributed by atoms with Crippen molar-refractivity contribution >= 4 is 10.0 Å². The number of sulfonamides is 1. The van der Waals surface area contributed by atoms with Crippen LogP contribution in [0.3, 0.4) is 0 Å². The van der Waals surface area contributed by atoms with Gasteiger partial charge in [0.1, 0.15) is 0 Å². The van der Waals surface area contributed by atoms with E-state index in [0.29, 0.717) is 5.92 Å². The molecule has 1 rings (SSSR count). The van der Waals surface area contributed by atoms with E-state index >= 15 is 0 Å². The molecular weight excluding hydrogens is 210 g/mol. The second kappa shape index (κ2) is 4.42. The lowest BCUT2D eigenvalue weighted by Crippen LogP contribution is -2.47. The molecule has 90 valence electrons. The van der Waals surface area contributed by atoms with Crippen molar-refractivity contribution in [1.29, 1.82) is 0 Å². The van der Waals surface area contributed by atoms with Crippen LogP contribution < -0.4 is 4.72 Å². The summed E-state index contributed by atoms with van der Waals surface area (Å²) in [6, 6.07) is 0.142. The predicted molar refractivity (Wildman–Crippen MR) is 63.2 cm³/mol. The summed E-state index contributed by atoms with van der Waals surface area (Å²) in [5, 5.41) is 0. The zero-order chi connectivity index (χ0) is 11.7. The van der Waals surface area contributed by atoms with Gasteiger partial charge < -0.3 is 0 Å². The molecule has 0 bridgehead atoms. The molecule has 15 heavy (non-hydrogen) atoms. The number of rotatable bonds is 2. The first kappa shape index (κ1) is 13.0. The second-order valence-electron chi connectivity index (χ2n) is 5.60. The minimum atomic E-state index is -3.18. The SMILES string of the molecule is C[C@@H]1CCCC[C@H]1NS(=O)(=O)C(C)(C)C. The van der Waals surface area contributed by atoms with Crippen molar-refractivity contribution < 1.29 is 8.42 Å². The van der Waals surface area contributed by atoms with E-state index in [-0.39, 0.29) is 6.04 Å². The Balaban J connectivity index is 2.69. The van der Waals surface area contributed by atoms with E-state index in [1.807, 2.05) is 0 Å². The van der Waals surface area contributed by atoms with Crippen LogP contribution in [0.4, 0.5) is 0 Å². The molecule has 4 heteroatoms. The second-order valence-corrected chi connectivity index (χ2v) is 8.07. The van der Waals surface area contributed by atoms with Gasteiger partial charge in [0.2, 0.25) is 10.0 Å². The molecule has 0 amide bonds. The highest BCUT2D eigenvalue weighted by molar-refractivity contribution is 7.90. The minimum absolute atomic E-state index is 0.142. The molecule has 0 aromatic heterocycles. The molecule has 0 aromatic rings. The molecule has 1 saturated carbocycles. The fourth-order valence-electron chi connectivity index (χ4n) is 1.87. The average molecular weight is 233 g/mol. The van der Waals surface area contributed by atoms with Gasteiger partial charge in [-0.15, -0.1) is 0 Å². The van der Waals surface area contributed by atoms with Gasteiger partial charge in [-0.05, 0) is 39.5 Å². The average Bonchev–Trinajstić information content (AvgIpc) is 2.06. The van der Waals surface area contributed by atoms with Gasteiger partial charge in [-0.1, -0.05) is 19.8 Å². The van der Waals surface area contributed by atoms with Gasteiger partial charge in [0.25, 0.3) is 0 Å². The summed E-state index contributed by atoms with van der Waals surface area (Å²) in [5.74, 6) is 0.468.